The van der Waals surface area contributed by atoms with E-state index >= 15 is 0 Å². The zero-order chi connectivity index (χ0) is 14.6. The van der Waals surface area contributed by atoms with Crippen molar-refractivity contribution in [3.63, 3.8) is 0 Å². The number of amides is 3. The second kappa shape index (κ2) is 4.51. The highest BCUT2D eigenvalue weighted by Crippen LogP contribution is 2.35. The molecule has 6 heteroatoms. The number of nitrogens with zero attached hydrogens (tertiary/aromatic N) is 3. The maximum atomic E-state index is 14.3. The Labute approximate surface area is 121 Å². The standard InChI is InChI=1S/C15H16FN3O2/c16-11-7-10-12(8-13(11)18-5-1-2-6-18)17-15(21)19(14(10)20)9-3-4-9/h7-10H,1-6H2. The molecule has 5 nitrogen and oxygen atoms in total. The highest BCUT2D eigenvalue weighted by molar-refractivity contribution is 6.22. The molecular weight excluding hydrogens is 273 g/mol. The van der Waals surface area contributed by atoms with Gasteiger partial charge >= 0.3 is 6.03 Å². The number of carbonyl (C=O) groups excluding carboxylic acids is 2. The Morgan fingerprint density at radius 2 is 1.90 bits per heavy atom. The monoisotopic (exact) mass is 289 g/mol. The zero-order valence-electron chi connectivity index (χ0n) is 11.6. The first kappa shape index (κ1) is 12.7. The van der Waals surface area contributed by atoms with Crippen molar-refractivity contribution >= 4 is 17.6 Å². The SMILES string of the molecule is O=C1N=C2C=C(N3CCCC3)C(F)=CC2C(=O)N1C1CC1. The van der Waals surface area contributed by atoms with Crippen LogP contribution >= 0.6 is 0 Å². The van der Waals surface area contributed by atoms with Crippen molar-refractivity contribution in [2.45, 2.75) is 31.7 Å². The van der Waals surface area contributed by atoms with Gasteiger partial charge in [0.1, 0.15) is 11.7 Å². The van der Waals surface area contributed by atoms with Gasteiger partial charge in [-0.15, -0.1) is 0 Å². The molecule has 0 aromatic rings. The van der Waals surface area contributed by atoms with Crippen LogP contribution in [-0.4, -0.2) is 46.6 Å². The number of carbonyl (C=O) groups is 2. The summed E-state index contributed by atoms with van der Waals surface area (Å²) in [5.41, 5.74) is 0.841. The van der Waals surface area contributed by atoms with E-state index in [0.29, 0.717) is 11.4 Å². The molecule has 2 fully saturated rings. The molecule has 0 aromatic heterocycles. The fourth-order valence-corrected chi connectivity index (χ4v) is 3.19. The average molecular weight is 289 g/mol. The van der Waals surface area contributed by atoms with Crippen molar-refractivity contribution in [2.24, 2.45) is 10.9 Å². The summed E-state index contributed by atoms with van der Waals surface area (Å²) in [7, 11) is 0. The largest absolute Gasteiger partial charge is 0.369 e. The van der Waals surface area contributed by atoms with Crippen molar-refractivity contribution < 1.29 is 14.0 Å². The van der Waals surface area contributed by atoms with Gasteiger partial charge in [-0.1, -0.05) is 0 Å². The second-order valence-electron chi connectivity index (χ2n) is 5.97. The topological polar surface area (TPSA) is 53.0 Å². The molecule has 0 spiro atoms. The van der Waals surface area contributed by atoms with Gasteiger partial charge in [0, 0.05) is 19.1 Å². The first-order chi connectivity index (χ1) is 10.1. The third kappa shape index (κ3) is 2.01. The molecule has 0 bridgehead atoms. The highest BCUT2D eigenvalue weighted by Gasteiger charge is 2.45. The van der Waals surface area contributed by atoms with E-state index in [1.165, 1.54) is 11.0 Å². The van der Waals surface area contributed by atoms with Gasteiger partial charge in [-0.25, -0.2) is 9.18 Å². The van der Waals surface area contributed by atoms with Crippen LogP contribution in [0.2, 0.25) is 0 Å². The Bertz CT molecular complexity index is 612. The maximum Gasteiger partial charge on any atom is 0.350 e. The van der Waals surface area contributed by atoms with Crippen LogP contribution in [-0.2, 0) is 4.79 Å². The predicted molar refractivity (Wildman–Crippen MR) is 74.3 cm³/mol. The molecule has 4 rings (SSSR count). The number of rotatable bonds is 2. The van der Waals surface area contributed by atoms with Gasteiger partial charge in [0.25, 0.3) is 0 Å². The number of allylic oxidation sites excluding steroid dienone is 2. The van der Waals surface area contributed by atoms with Gasteiger partial charge < -0.3 is 4.90 Å². The van der Waals surface area contributed by atoms with E-state index in [0.717, 1.165) is 38.8 Å². The Morgan fingerprint density at radius 3 is 2.57 bits per heavy atom. The second-order valence-corrected chi connectivity index (χ2v) is 5.97. The van der Waals surface area contributed by atoms with E-state index in [1.54, 1.807) is 6.08 Å². The number of aliphatic imine (C=N–C) groups is 1. The summed E-state index contributed by atoms with van der Waals surface area (Å²) in [6.07, 6.45) is 6.62. The maximum absolute atomic E-state index is 14.3. The van der Waals surface area contributed by atoms with Crippen LogP contribution in [0.5, 0.6) is 0 Å². The van der Waals surface area contributed by atoms with Crippen molar-refractivity contribution in [2.75, 3.05) is 13.1 Å². The molecule has 1 saturated carbocycles. The molecule has 0 radical (unpaired) electrons. The van der Waals surface area contributed by atoms with Crippen molar-refractivity contribution in [1.29, 1.82) is 0 Å². The number of urea groups is 1. The summed E-state index contributed by atoms with van der Waals surface area (Å²) in [5, 5.41) is 0. The number of fused-ring (bicyclic) bond motifs is 1. The quantitative estimate of drug-likeness (QED) is 0.781. The first-order valence-electron chi connectivity index (χ1n) is 7.45. The normalized spacial score (nSPS) is 29.2. The molecular formula is C15H16FN3O2. The Balaban J connectivity index is 1.69. The lowest BCUT2D eigenvalue weighted by molar-refractivity contribution is -0.129. The molecule has 2 aliphatic carbocycles. The van der Waals surface area contributed by atoms with Crippen LogP contribution in [0.3, 0.4) is 0 Å². The highest BCUT2D eigenvalue weighted by atomic mass is 19.1. The summed E-state index contributed by atoms with van der Waals surface area (Å²) in [6.45, 7) is 1.61. The Hall–Kier alpha value is -1.98. The summed E-state index contributed by atoms with van der Waals surface area (Å²) < 4.78 is 14.3. The van der Waals surface area contributed by atoms with Crippen LogP contribution in [0.15, 0.2) is 28.7 Å². The van der Waals surface area contributed by atoms with Gasteiger partial charge in [-0.3, -0.25) is 9.69 Å². The lowest BCUT2D eigenvalue weighted by Gasteiger charge is -2.31. The molecule has 4 aliphatic rings. The van der Waals surface area contributed by atoms with E-state index in [9.17, 15) is 14.0 Å². The molecule has 2 aliphatic heterocycles. The summed E-state index contributed by atoms with van der Waals surface area (Å²) in [5.74, 6) is -1.45. The third-order valence-electron chi connectivity index (χ3n) is 4.45. The molecule has 2 heterocycles. The molecule has 1 atom stereocenters. The van der Waals surface area contributed by atoms with Crippen molar-refractivity contribution in [3.8, 4) is 0 Å². The Morgan fingerprint density at radius 1 is 1.19 bits per heavy atom. The van der Waals surface area contributed by atoms with Crippen LogP contribution < -0.4 is 0 Å². The van der Waals surface area contributed by atoms with Crippen LogP contribution in [0.4, 0.5) is 9.18 Å². The minimum Gasteiger partial charge on any atom is -0.369 e. The average Bonchev–Trinajstić information content (AvgIpc) is 3.13. The van der Waals surface area contributed by atoms with E-state index in [2.05, 4.69) is 4.99 Å². The third-order valence-corrected chi connectivity index (χ3v) is 4.45. The number of imide groups is 1. The molecule has 0 aromatic carbocycles. The predicted octanol–water partition coefficient (Wildman–Crippen LogP) is 2.01. The van der Waals surface area contributed by atoms with Gasteiger partial charge in [-0.2, -0.15) is 4.99 Å². The van der Waals surface area contributed by atoms with Gasteiger partial charge in [0.2, 0.25) is 5.91 Å². The van der Waals surface area contributed by atoms with Crippen LogP contribution in [0.1, 0.15) is 25.7 Å². The minimum absolute atomic E-state index is 0.0317. The van der Waals surface area contributed by atoms with Crippen molar-refractivity contribution in [3.05, 3.63) is 23.7 Å². The van der Waals surface area contributed by atoms with Crippen LogP contribution in [0.25, 0.3) is 0 Å². The number of likely N-dealkylation sites (tertiary alicyclic amines) is 1. The minimum atomic E-state index is -0.741. The fourth-order valence-electron chi connectivity index (χ4n) is 3.19. The number of hydrogen-bond donors (Lipinski definition) is 0. The molecule has 1 unspecified atom stereocenters. The summed E-state index contributed by atoms with van der Waals surface area (Å²) >= 11 is 0. The first-order valence-corrected chi connectivity index (χ1v) is 7.45. The molecule has 110 valence electrons. The Kier molecular flexibility index (Phi) is 2.74. The fraction of sp³-hybridized carbons (Fsp3) is 0.533. The van der Waals surface area contributed by atoms with Gasteiger partial charge in [0.05, 0.1) is 11.4 Å². The lowest BCUT2D eigenvalue weighted by atomic mass is 9.93. The number of halogens is 1. The summed E-state index contributed by atoms with van der Waals surface area (Å²) in [4.78, 5) is 31.6. The summed E-state index contributed by atoms with van der Waals surface area (Å²) in [6, 6.07) is -0.530. The van der Waals surface area contributed by atoms with E-state index < -0.39 is 11.9 Å². The van der Waals surface area contributed by atoms with E-state index in [-0.39, 0.29) is 17.8 Å². The molecule has 3 amide bonds. The molecule has 21 heavy (non-hydrogen) atoms. The molecule has 0 N–H and O–H groups in total. The van der Waals surface area contributed by atoms with Crippen molar-refractivity contribution in [1.82, 2.24) is 9.80 Å². The van der Waals surface area contributed by atoms with Crippen LogP contribution in [0, 0.1) is 5.92 Å². The van der Waals surface area contributed by atoms with Gasteiger partial charge in [-0.05, 0) is 37.8 Å². The van der Waals surface area contributed by atoms with Gasteiger partial charge in [0.15, 0.2) is 0 Å². The smallest absolute Gasteiger partial charge is 0.350 e. The van der Waals surface area contributed by atoms with E-state index in [4.69, 9.17) is 0 Å². The van der Waals surface area contributed by atoms with E-state index in [1.807, 2.05) is 4.90 Å². The zero-order valence-corrected chi connectivity index (χ0v) is 11.6. The number of hydrogen-bond acceptors (Lipinski definition) is 3. The lowest BCUT2D eigenvalue weighted by Crippen LogP contribution is -2.47. The molecule has 1 saturated heterocycles.